The van der Waals surface area contributed by atoms with Crippen LogP contribution in [0.4, 0.5) is 17.1 Å². The van der Waals surface area contributed by atoms with Crippen LogP contribution in [-0.2, 0) is 14.8 Å². The highest BCUT2D eigenvalue weighted by atomic mass is 32.2. The molecule has 1 aliphatic rings. The van der Waals surface area contributed by atoms with Gasteiger partial charge in [-0.15, -0.1) is 0 Å². The Kier molecular flexibility index (Phi) is 6.15. The number of hydrogen-bond acceptors (Lipinski definition) is 6. The predicted molar refractivity (Wildman–Crippen MR) is 107 cm³/mol. The van der Waals surface area contributed by atoms with Gasteiger partial charge in [-0.05, 0) is 49.9 Å². The zero-order valence-electron chi connectivity index (χ0n) is 15.5. The van der Waals surface area contributed by atoms with Gasteiger partial charge in [0.25, 0.3) is 15.7 Å². The molecule has 3 rings (SSSR count). The molecule has 9 heteroatoms. The Labute approximate surface area is 164 Å². The van der Waals surface area contributed by atoms with Crippen LogP contribution in [0.3, 0.4) is 0 Å². The average molecular weight is 405 g/mol. The van der Waals surface area contributed by atoms with E-state index in [-0.39, 0.29) is 22.7 Å². The Morgan fingerprint density at radius 1 is 1.14 bits per heavy atom. The SMILES string of the molecule is COC1CCCC(Nc2ccc(S(=O)(=O)Nc3ccccc3)cc2[N+](=O)[O-])C1. The lowest BCUT2D eigenvalue weighted by Gasteiger charge is -2.29. The molecule has 1 fully saturated rings. The molecule has 2 atom stereocenters. The van der Waals surface area contributed by atoms with Crippen molar-refractivity contribution in [2.24, 2.45) is 0 Å². The lowest BCUT2D eigenvalue weighted by molar-refractivity contribution is -0.384. The smallest absolute Gasteiger partial charge is 0.293 e. The van der Waals surface area contributed by atoms with Crippen molar-refractivity contribution < 1.29 is 18.1 Å². The fourth-order valence-electron chi connectivity index (χ4n) is 3.38. The summed E-state index contributed by atoms with van der Waals surface area (Å²) in [4.78, 5) is 10.8. The number of para-hydroxylation sites is 1. The molecule has 2 N–H and O–H groups in total. The molecule has 28 heavy (non-hydrogen) atoms. The van der Waals surface area contributed by atoms with E-state index in [1.807, 2.05) is 0 Å². The van der Waals surface area contributed by atoms with Crippen molar-refractivity contribution in [1.82, 2.24) is 0 Å². The van der Waals surface area contributed by atoms with Crippen molar-refractivity contribution in [2.75, 3.05) is 17.1 Å². The maximum Gasteiger partial charge on any atom is 0.293 e. The van der Waals surface area contributed by atoms with E-state index in [2.05, 4.69) is 10.0 Å². The van der Waals surface area contributed by atoms with Crippen LogP contribution in [0.25, 0.3) is 0 Å². The molecule has 0 saturated heterocycles. The molecule has 0 aliphatic heterocycles. The van der Waals surface area contributed by atoms with E-state index in [0.717, 1.165) is 31.7 Å². The highest BCUT2D eigenvalue weighted by Gasteiger charge is 2.26. The highest BCUT2D eigenvalue weighted by Crippen LogP contribution is 2.31. The second-order valence-corrected chi connectivity index (χ2v) is 8.46. The standard InChI is InChI=1S/C19H23N3O5S/c1-27-16-9-5-8-15(12-16)20-18-11-10-17(13-19(18)22(23)24)28(25,26)21-14-6-3-2-4-7-14/h2-4,6-7,10-11,13,15-16,20-21H,5,8-9,12H2,1H3. The summed E-state index contributed by atoms with van der Waals surface area (Å²) in [5.41, 5.74) is 0.432. The Morgan fingerprint density at radius 2 is 1.89 bits per heavy atom. The number of nitrogens with one attached hydrogen (secondary N) is 2. The van der Waals surface area contributed by atoms with Gasteiger partial charge in [-0.1, -0.05) is 18.2 Å². The van der Waals surface area contributed by atoms with E-state index < -0.39 is 14.9 Å². The van der Waals surface area contributed by atoms with E-state index in [4.69, 9.17) is 4.74 Å². The fraction of sp³-hybridized carbons (Fsp3) is 0.368. The molecule has 2 unspecified atom stereocenters. The minimum absolute atomic E-state index is 0.0438. The van der Waals surface area contributed by atoms with Crippen LogP contribution < -0.4 is 10.0 Å². The quantitative estimate of drug-likeness (QED) is 0.536. The van der Waals surface area contributed by atoms with Gasteiger partial charge in [0, 0.05) is 24.9 Å². The summed E-state index contributed by atoms with van der Waals surface area (Å²) >= 11 is 0. The Balaban J connectivity index is 1.83. The van der Waals surface area contributed by atoms with E-state index in [0.29, 0.717) is 11.4 Å². The molecule has 0 radical (unpaired) electrons. The van der Waals surface area contributed by atoms with Gasteiger partial charge in [0.05, 0.1) is 15.9 Å². The van der Waals surface area contributed by atoms with E-state index in [1.54, 1.807) is 37.4 Å². The van der Waals surface area contributed by atoms with Crippen LogP contribution in [0.5, 0.6) is 0 Å². The Hall–Kier alpha value is -2.65. The van der Waals surface area contributed by atoms with Gasteiger partial charge in [0.15, 0.2) is 0 Å². The van der Waals surface area contributed by atoms with Gasteiger partial charge < -0.3 is 10.1 Å². The summed E-state index contributed by atoms with van der Waals surface area (Å²) in [6.07, 6.45) is 3.70. The maximum atomic E-state index is 12.6. The van der Waals surface area contributed by atoms with Gasteiger partial charge in [0.2, 0.25) is 0 Å². The molecule has 0 heterocycles. The third-order valence-electron chi connectivity index (χ3n) is 4.82. The number of nitro benzene ring substituents is 1. The predicted octanol–water partition coefficient (Wildman–Crippen LogP) is 3.77. The topological polar surface area (TPSA) is 111 Å². The molecule has 1 saturated carbocycles. The van der Waals surface area contributed by atoms with Crippen LogP contribution in [0.1, 0.15) is 25.7 Å². The van der Waals surface area contributed by atoms with Crippen LogP contribution in [0, 0.1) is 10.1 Å². The summed E-state index contributed by atoms with van der Waals surface area (Å²) in [6.45, 7) is 0. The first kappa shape index (κ1) is 20.1. The van der Waals surface area contributed by atoms with Gasteiger partial charge in [-0.3, -0.25) is 14.8 Å². The molecular formula is C19H23N3O5S. The number of nitrogens with zero attached hydrogens (tertiary/aromatic N) is 1. The number of benzene rings is 2. The number of methoxy groups -OCH3 is 1. The van der Waals surface area contributed by atoms with Crippen molar-refractivity contribution in [1.29, 1.82) is 0 Å². The number of ether oxygens (including phenoxy) is 1. The minimum Gasteiger partial charge on any atom is -0.381 e. The third-order valence-corrected chi connectivity index (χ3v) is 6.20. The first-order valence-electron chi connectivity index (χ1n) is 9.04. The lowest BCUT2D eigenvalue weighted by Crippen LogP contribution is -2.31. The van der Waals surface area contributed by atoms with Crippen LogP contribution in [-0.4, -0.2) is 32.6 Å². The Morgan fingerprint density at radius 3 is 2.57 bits per heavy atom. The minimum atomic E-state index is -3.93. The summed E-state index contributed by atoms with van der Waals surface area (Å²) < 4.78 is 33.0. The van der Waals surface area contributed by atoms with E-state index in [9.17, 15) is 18.5 Å². The summed E-state index contributed by atoms with van der Waals surface area (Å²) in [7, 11) is -2.27. The number of hydrogen-bond donors (Lipinski definition) is 2. The zero-order chi connectivity index (χ0) is 20.1. The lowest BCUT2D eigenvalue weighted by atomic mass is 9.92. The first-order chi connectivity index (χ1) is 13.4. The van der Waals surface area contributed by atoms with Crippen molar-refractivity contribution in [2.45, 2.75) is 42.7 Å². The monoisotopic (exact) mass is 405 g/mol. The van der Waals surface area contributed by atoms with Crippen molar-refractivity contribution >= 4 is 27.1 Å². The maximum absolute atomic E-state index is 12.6. The number of rotatable bonds is 7. The molecule has 2 aromatic carbocycles. The Bertz CT molecular complexity index is 934. The van der Waals surface area contributed by atoms with E-state index >= 15 is 0 Å². The third kappa shape index (κ3) is 4.79. The largest absolute Gasteiger partial charge is 0.381 e. The highest BCUT2D eigenvalue weighted by molar-refractivity contribution is 7.92. The van der Waals surface area contributed by atoms with Gasteiger partial charge in [-0.25, -0.2) is 8.42 Å². The summed E-state index contributed by atoms with van der Waals surface area (Å²) in [6, 6.07) is 12.3. The van der Waals surface area contributed by atoms with Crippen molar-refractivity contribution in [3.63, 3.8) is 0 Å². The number of nitro groups is 1. The van der Waals surface area contributed by atoms with Gasteiger partial charge >= 0.3 is 0 Å². The first-order valence-corrected chi connectivity index (χ1v) is 10.5. The van der Waals surface area contributed by atoms with Gasteiger partial charge in [-0.2, -0.15) is 0 Å². The normalized spacial score (nSPS) is 19.8. The number of sulfonamides is 1. The van der Waals surface area contributed by atoms with Crippen molar-refractivity contribution in [3.8, 4) is 0 Å². The van der Waals surface area contributed by atoms with Gasteiger partial charge in [0.1, 0.15) is 5.69 Å². The molecule has 1 aliphatic carbocycles. The van der Waals surface area contributed by atoms with Crippen molar-refractivity contribution in [3.05, 3.63) is 58.6 Å². The summed E-state index contributed by atoms with van der Waals surface area (Å²) in [5, 5.41) is 14.7. The van der Waals surface area contributed by atoms with Crippen LogP contribution in [0.15, 0.2) is 53.4 Å². The average Bonchev–Trinajstić information content (AvgIpc) is 2.68. The summed E-state index contributed by atoms with van der Waals surface area (Å²) in [5.74, 6) is 0. The zero-order valence-corrected chi connectivity index (χ0v) is 16.3. The molecule has 0 bridgehead atoms. The van der Waals surface area contributed by atoms with Crippen LogP contribution >= 0.6 is 0 Å². The fourth-order valence-corrected chi connectivity index (χ4v) is 4.46. The second kappa shape index (κ2) is 8.57. The molecule has 0 amide bonds. The molecule has 2 aromatic rings. The molecule has 0 spiro atoms. The molecule has 0 aromatic heterocycles. The number of anilines is 2. The molecule has 150 valence electrons. The van der Waals surface area contributed by atoms with E-state index in [1.165, 1.54) is 12.1 Å². The second-order valence-electron chi connectivity index (χ2n) is 6.77. The molecular weight excluding hydrogens is 382 g/mol. The van der Waals surface area contributed by atoms with Crippen LogP contribution in [0.2, 0.25) is 0 Å². The molecule has 8 nitrogen and oxygen atoms in total.